The summed E-state index contributed by atoms with van der Waals surface area (Å²) in [6, 6.07) is 20.3. The Labute approximate surface area is 131 Å². The van der Waals surface area contributed by atoms with Crippen LogP contribution in [0.3, 0.4) is 0 Å². The number of aliphatic hydroxyl groups is 1. The Kier molecular flexibility index (Phi) is 4.10. The summed E-state index contributed by atoms with van der Waals surface area (Å²) in [7, 11) is 0. The van der Waals surface area contributed by atoms with E-state index >= 15 is 0 Å². The van der Waals surface area contributed by atoms with Crippen molar-refractivity contribution in [3.05, 3.63) is 71.8 Å². The minimum absolute atomic E-state index is 0.0223. The summed E-state index contributed by atoms with van der Waals surface area (Å²) in [6.07, 6.45) is 0.351. The molecule has 1 saturated heterocycles. The van der Waals surface area contributed by atoms with Crippen LogP contribution in [0.25, 0.3) is 0 Å². The molecule has 1 fully saturated rings. The smallest absolute Gasteiger partial charge is 0.167 e. The summed E-state index contributed by atoms with van der Waals surface area (Å²) < 4.78 is 0. The van der Waals surface area contributed by atoms with Gasteiger partial charge in [-0.25, -0.2) is 0 Å². The van der Waals surface area contributed by atoms with E-state index < -0.39 is 5.60 Å². The van der Waals surface area contributed by atoms with Crippen LogP contribution in [0.1, 0.15) is 30.5 Å². The second-order valence-corrected chi connectivity index (χ2v) is 6.22. The van der Waals surface area contributed by atoms with Gasteiger partial charge in [0.1, 0.15) is 5.60 Å². The number of Topliss-reactive ketones (excluding diaryl/α,β-unsaturated/α-hetero) is 1. The van der Waals surface area contributed by atoms with Gasteiger partial charge in [-0.15, -0.1) is 0 Å². The molecule has 3 rings (SSSR count). The SMILES string of the molecule is C[C@]1(O)CN(Cc2ccccc2)[C@@H](c2ccccc2)CC1=O. The molecule has 22 heavy (non-hydrogen) atoms. The minimum Gasteiger partial charge on any atom is -0.381 e. The molecule has 2 aromatic carbocycles. The van der Waals surface area contributed by atoms with Gasteiger partial charge in [0, 0.05) is 25.6 Å². The number of hydrogen-bond donors (Lipinski definition) is 1. The average molecular weight is 295 g/mol. The van der Waals surface area contributed by atoms with Crippen molar-refractivity contribution in [3.8, 4) is 0 Å². The van der Waals surface area contributed by atoms with Gasteiger partial charge in [0.15, 0.2) is 5.78 Å². The van der Waals surface area contributed by atoms with Gasteiger partial charge in [-0.2, -0.15) is 0 Å². The van der Waals surface area contributed by atoms with Crippen LogP contribution in [0.2, 0.25) is 0 Å². The molecule has 0 spiro atoms. The number of benzene rings is 2. The van der Waals surface area contributed by atoms with E-state index in [-0.39, 0.29) is 11.8 Å². The molecule has 0 saturated carbocycles. The lowest BCUT2D eigenvalue weighted by Crippen LogP contribution is -2.53. The van der Waals surface area contributed by atoms with Crippen LogP contribution < -0.4 is 0 Å². The predicted octanol–water partition coefficient (Wildman–Crippen LogP) is 2.95. The van der Waals surface area contributed by atoms with Crippen molar-refractivity contribution >= 4 is 5.78 Å². The molecule has 1 heterocycles. The summed E-state index contributed by atoms with van der Waals surface area (Å²) in [6.45, 7) is 2.71. The van der Waals surface area contributed by atoms with Gasteiger partial charge in [0.05, 0.1) is 0 Å². The van der Waals surface area contributed by atoms with Crippen molar-refractivity contribution in [2.45, 2.75) is 31.5 Å². The molecule has 114 valence electrons. The molecule has 0 amide bonds. The Morgan fingerprint density at radius 1 is 1.09 bits per heavy atom. The highest BCUT2D eigenvalue weighted by Gasteiger charge is 2.41. The summed E-state index contributed by atoms with van der Waals surface area (Å²) >= 11 is 0. The van der Waals surface area contributed by atoms with Crippen molar-refractivity contribution in [1.82, 2.24) is 4.90 Å². The maximum atomic E-state index is 12.2. The van der Waals surface area contributed by atoms with E-state index in [1.807, 2.05) is 36.4 Å². The van der Waals surface area contributed by atoms with Crippen LogP contribution in [0.5, 0.6) is 0 Å². The van der Waals surface area contributed by atoms with E-state index in [0.717, 1.165) is 12.1 Å². The van der Waals surface area contributed by atoms with E-state index in [2.05, 4.69) is 29.2 Å². The summed E-state index contributed by atoms with van der Waals surface area (Å²) in [5, 5.41) is 10.4. The Morgan fingerprint density at radius 2 is 1.68 bits per heavy atom. The maximum absolute atomic E-state index is 12.2. The summed E-state index contributed by atoms with van der Waals surface area (Å²) in [5.41, 5.74) is 1.05. The van der Waals surface area contributed by atoms with Gasteiger partial charge >= 0.3 is 0 Å². The van der Waals surface area contributed by atoms with E-state index in [4.69, 9.17) is 0 Å². The number of likely N-dealkylation sites (tertiary alicyclic amines) is 1. The summed E-state index contributed by atoms with van der Waals surface area (Å²) in [5.74, 6) is -0.0781. The molecule has 3 nitrogen and oxygen atoms in total. The standard InChI is InChI=1S/C19H21NO2/c1-19(22)14-20(13-15-8-4-2-5-9-15)17(12-18(19)21)16-10-6-3-7-11-16/h2-11,17,22H,12-14H2,1H3/t17-,19+/m1/s1. The number of carbonyl (C=O) groups is 1. The first kappa shape index (κ1) is 14.9. The third-order valence-electron chi connectivity index (χ3n) is 4.34. The zero-order valence-electron chi connectivity index (χ0n) is 12.8. The van der Waals surface area contributed by atoms with Crippen LogP contribution in [0.4, 0.5) is 0 Å². The molecule has 0 aliphatic carbocycles. The maximum Gasteiger partial charge on any atom is 0.167 e. The minimum atomic E-state index is -1.26. The van der Waals surface area contributed by atoms with Crippen LogP contribution >= 0.6 is 0 Å². The summed E-state index contributed by atoms with van der Waals surface area (Å²) in [4.78, 5) is 14.4. The number of β-amino-alcohol motifs (C(OH)–C–C–N with tert-alkyl or cyclic N) is 1. The molecule has 0 radical (unpaired) electrons. The molecule has 1 aliphatic heterocycles. The fourth-order valence-corrected chi connectivity index (χ4v) is 3.11. The second kappa shape index (κ2) is 6.03. The van der Waals surface area contributed by atoms with Gasteiger partial charge in [-0.05, 0) is 18.1 Å². The molecular weight excluding hydrogens is 274 g/mol. The number of nitrogens with zero attached hydrogens (tertiary/aromatic N) is 1. The first-order chi connectivity index (χ1) is 10.6. The normalized spacial score (nSPS) is 26.1. The molecule has 1 aliphatic rings. The van der Waals surface area contributed by atoms with Crippen molar-refractivity contribution in [2.24, 2.45) is 0 Å². The van der Waals surface area contributed by atoms with Crippen LogP contribution in [0.15, 0.2) is 60.7 Å². The first-order valence-corrected chi connectivity index (χ1v) is 7.65. The van der Waals surface area contributed by atoms with Crippen LogP contribution in [-0.2, 0) is 11.3 Å². The molecule has 0 aromatic heterocycles. The number of carbonyl (C=O) groups excluding carboxylic acids is 1. The molecule has 2 aromatic rings. The van der Waals surface area contributed by atoms with Gasteiger partial charge in [0.25, 0.3) is 0 Å². The number of rotatable bonds is 3. The van der Waals surface area contributed by atoms with E-state index in [9.17, 15) is 9.90 Å². The predicted molar refractivity (Wildman–Crippen MR) is 86.3 cm³/mol. The lowest BCUT2D eigenvalue weighted by molar-refractivity contribution is -0.146. The van der Waals surface area contributed by atoms with Crippen LogP contribution in [-0.4, -0.2) is 27.9 Å². The first-order valence-electron chi connectivity index (χ1n) is 7.65. The molecule has 0 unspecified atom stereocenters. The highest BCUT2D eigenvalue weighted by atomic mass is 16.3. The van der Waals surface area contributed by atoms with Crippen molar-refractivity contribution in [3.63, 3.8) is 0 Å². The van der Waals surface area contributed by atoms with Gasteiger partial charge in [-0.1, -0.05) is 60.7 Å². The van der Waals surface area contributed by atoms with Gasteiger partial charge < -0.3 is 5.11 Å². The molecule has 0 bridgehead atoms. The van der Waals surface area contributed by atoms with Gasteiger partial charge in [0.2, 0.25) is 0 Å². The fourth-order valence-electron chi connectivity index (χ4n) is 3.11. The van der Waals surface area contributed by atoms with E-state index in [0.29, 0.717) is 13.0 Å². The van der Waals surface area contributed by atoms with E-state index in [1.165, 1.54) is 5.56 Å². The van der Waals surface area contributed by atoms with E-state index in [1.54, 1.807) is 6.92 Å². The largest absolute Gasteiger partial charge is 0.381 e. The fraction of sp³-hybridized carbons (Fsp3) is 0.316. The highest BCUT2D eigenvalue weighted by molar-refractivity contribution is 5.88. The quantitative estimate of drug-likeness (QED) is 0.946. The zero-order valence-corrected chi connectivity index (χ0v) is 12.8. The van der Waals surface area contributed by atoms with Crippen molar-refractivity contribution < 1.29 is 9.90 Å². The van der Waals surface area contributed by atoms with Crippen molar-refractivity contribution in [1.29, 1.82) is 0 Å². The third-order valence-corrected chi connectivity index (χ3v) is 4.34. The zero-order chi connectivity index (χ0) is 15.6. The lowest BCUT2D eigenvalue weighted by Gasteiger charge is -2.42. The lowest BCUT2D eigenvalue weighted by atomic mass is 9.85. The number of piperidine rings is 1. The Balaban J connectivity index is 1.89. The van der Waals surface area contributed by atoms with Gasteiger partial charge in [-0.3, -0.25) is 9.69 Å². The molecule has 2 atom stereocenters. The Bertz CT molecular complexity index is 637. The second-order valence-electron chi connectivity index (χ2n) is 6.22. The highest BCUT2D eigenvalue weighted by Crippen LogP contribution is 2.34. The van der Waals surface area contributed by atoms with Crippen molar-refractivity contribution in [2.75, 3.05) is 6.54 Å². The topological polar surface area (TPSA) is 40.5 Å². The third kappa shape index (κ3) is 3.11. The molecule has 3 heteroatoms. The Hall–Kier alpha value is -1.97. The number of hydrogen-bond acceptors (Lipinski definition) is 3. The van der Waals surface area contributed by atoms with Crippen LogP contribution in [0, 0.1) is 0 Å². The Morgan fingerprint density at radius 3 is 2.32 bits per heavy atom. The molecular formula is C19H21NO2. The number of ketones is 1. The average Bonchev–Trinajstić information content (AvgIpc) is 2.52. The monoisotopic (exact) mass is 295 g/mol. The molecule has 1 N–H and O–H groups in total.